The first-order valence-electron chi connectivity index (χ1n) is 12.8. The standard InChI is InChI=1S/C25H39BO3Si/c1-23(2,3)30(8,9)27-18-12-16-20-14-10-13-19-15-11-17-21(22(19)20)26-28-24(4,5)25(6,7)29-26/h10-11,13-15,17H,12,16,18H2,1-9H3/i12D2,16D2. The quantitative estimate of drug-likeness (QED) is 0.519. The molecule has 1 saturated heterocycles. The Bertz CT molecular complexity index is 1040. The van der Waals surface area contributed by atoms with Crippen LogP contribution in [0.1, 0.15) is 65.9 Å². The minimum Gasteiger partial charge on any atom is -0.417 e. The maximum absolute atomic E-state index is 8.98. The highest BCUT2D eigenvalue weighted by atomic mass is 28.4. The first-order valence-corrected chi connectivity index (χ1v) is 13.7. The molecule has 0 radical (unpaired) electrons. The van der Waals surface area contributed by atoms with Crippen LogP contribution >= 0.6 is 0 Å². The third-order valence-corrected chi connectivity index (χ3v) is 11.5. The molecule has 3 rings (SSSR count). The summed E-state index contributed by atoms with van der Waals surface area (Å²) >= 11 is 0. The molecule has 0 spiro atoms. The van der Waals surface area contributed by atoms with Crippen molar-refractivity contribution in [3.05, 3.63) is 42.0 Å². The minimum atomic E-state index is -2.31. The SMILES string of the molecule is [2H]C([2H])(CO[Si](C)(C)C(C)(C)C)C([2H])([2H])c1cccc2cccc(B3OC(C)(C)C(C)(C)O3)c12. The molecule has 0 atom stereocenters. The lowest BCUT2D eigenvalue weighted by Gasteiger charge is -2.36. The molecular formula is C25H39BO3Si. The van der Waals surface area contributed by atoms with Gasteiger partial charge in [-0.25, -0.2) is 0 Å². The monoisotopic (exact) mass is 430 g/mol. The molecule has 1 heterocycles. The highest BCUT2D eigenvalue weighted by Crippen LogP contribution is 2.38. The molecule has 0 amide bonds. The summed E-state index contributed by atoms with van der Waals surface area (Å²) in [5.41, 5.74) is -0.102. The predicted molar refractivity (Wildman–Crippen MR) is 131 cm³/mol. The summed E-state index contributed by atoms with van der Waals surface area (Å²) < 4.78 is 54.2. The van der Waals surface area contributed by atoms with E-state index < -0.39 is 39.4 Å². The normalized spacial score (nSPS) is 21.8. The van der Waals surface area contributed by atoms with Crippen LogP contribution in [-0.4, -0.2) is 33.2 Å². The van der Waals surface area contributed by atoms with Gasteiger partial charge in [0.15, 0.2) is 8.32 Å². The Labute approximate surface area is 190 Å². The van der Waals surface area contributed by atoms with Gasteiger partial charge in [-0.15, -0.1) is 0 Å². The third kappa shape index (κ3) is 4.55. The Hall–Kier alpha value is -1.14. The van der Waals surface area contributed by atoms with Crippen molar-refractivity contribution in [3.8, 4) is 0 Å². The number of benzene rings is 2. The van der Waals surface area contributed by atoms with Crippen molar-refractivity contribution in [3.63, 3.8) is 0 Å². The maximum Gasteiger partial charge on any atom is 0.495 e. The smallest absolute Gasteiger partial charge is 0.417 e. The number of fused-ring (bicyclic) bond motifs is 1. The van der Waals surface area contributed by atoms with E-state index in [2.05, 4.69) is 20.8 Å². The van der Waals surface area contributed by atoms with Crippen molar-refractivity contribution >= 4 is 31.7 Å². The van der Waals surface area contributed by atoms with Gasteiger partial charge in [0.25, 0.3) is 0 Å². The van der Waals surface area contributed by atoms with Crippen molar-refractivity contribution in [1.82, 2.24) is 0 Å². The number of aryl methyl sites for hydroxylation is 1. The zero-order chi connectivity index (χ0) is 26.0. The molecular weight excluding hydrogens is 387 g/mol. The molecule has 2 aromatic rings. The number of rotatable bonds is 6. The molecule has 0 N–H and O–H groups in total. The average Bonchev–Trinajstić information content (AvgIpc) is 2.91. The molecule has 0 unspecified atom stereocenters. The van der Waals surface area contributed by atoms with Gasteiger partial charge in [0.2, 0.25) is 0 Å². The van der Waals surface area contributed by atoms with Gasteiger partial charge in [0.1, 0.15) is 0 Å². The fourth-order valence-corrected chi connectivity index (χ4v) is 4.07. The largest absolute Gasteiger partial charge is 0.495 e. The maximum atomic E-state index is 8.98. The zero-order valence-electron chi connectivity index (χ0n) is 24.0. The van der Waals surface area contributed by atoms with Crippen molar-refractivity contribution in [2.45, 2.75) is 90.5 Å². The lowest BCUT2D eigenvalue weighted by Crippen LogP contribution is -2.41. The Morgan fingerprint density at radius 2 is 1.57 bits per heavy atom. The van der Waals surface area contributed by atoms with E-state index in [0.717, 1.165) is 5.39 Å². The molecule has 1 aliphatic heterocycles. The molecule has 0 aliphatic carbocycles. The lowest BCUT2D eigenvalue weighted by atomic mass is 9.74. The summed E-state index contributed by atoms with van der Waals surface area (Å²) in [4.78, 5) is 0. The summed E-state index contributed by atoms with van der Waals surface area (Å²) in [6, 6.07) is 11.0. The molecule has 0 bridgehead atoms. The summed E-state index contributed by atoms with van der Waals surface area (Å²) in [7, 11) is -2.94. The molecule has 30 heavy (non-hydrogen) atoms. The lowest BCUT2D eigenvalue weighted by molar-refractivity contribution is 0.00578. The van der Waals surface area contributed by atoms with Gasteiger partial charge in [0, 0.05) is 12.1 Å². The fourth-order valence-electron chi connectivity index (χ4n) is 3.20. The van der Waals surface area contributed by atoms with Crippen LogP contribution in [0.4, 0.5) is 0 Å². The van der Waals surface area contributed by atoms with Gasteiger partial charge in [-0.05, 0) is 80.4 Å². The van der Waals surface area contributed by atoms with E-state index in [-0.39, 0.29) is 17.2 Å². The Morgan fingerprint density at radius 3 is 2.13 bits per heavy atom. The highest BCUT2D eigenvalue weighted by Gasteiger charge is 2.52. The Morgan fingerprint density at radius 1 is 1.00 bits per heavy atom. The van der Waals surface area contributed by atoms with Crippen molar-refractivity contribution in [1.29, 1.82) is 0 Å². The molecule has 3 nitrogen and oxygen atoms in total. The van der Waals surface area contributed by atoms with Gasteiger partial charge < -0.3 is 13.7 Å². The summed E-state index contributed by atoms with van der Waals surface area (Å²) in [6.45, 7) is 18.0. The Balaban J connectivity index is 2.07. The van der Waals surface area contributed by atoms with Gasteiger partial charge in [-0.1, -0.05) is 57.2 Å². The van der Waals surface area contributed by atoms with Crippen molar-refractivity contribution < 1.29 is 19.2 Å². The fraction of sp³-hybridized carbons (Fsp3) is 0.600. The molecule has 0 saturated carbocycles. The van der Waals surface area contributed by atoms with Crippen LogP contribution in [-0.2, 0) is 20.1 Å². The van der Waals surface area contributed by atoms with E-state index in [4.69, 9.17) is 19.2 Å². The summed E-state index contributed by atoms with van der Waals surface area (Å²) in [5.74, 6) is 0. The summed E-state index contributed by atoms with van der Waals surface area (Å²) in [6.07, 6.45) is -4.56. The number of hydrogen-bond donors (Lipinski definition) is 0. The second kappa shape index (κ2) is 8.09. The first-order chi connectivity index (χ1) is 15.2. The van der Waals surface area contributed by atoms with E-state index in [1.807, 2.05) is 65.1 Å². The van der Waals surface area contributed by atoms with Crippen LogP contribution in [0.3, 0.4) is 0 Å². The molecule has 1 aliphatic rings. The van der Waals surface area contributed by atoms with Gasteiger partial charge in [-0.2, -0.15) is 0 Å². The second-order valence-electron chi connectivity index (χ2n) is 10.7. The van der Waals surface area contributed by atoms with E-state index in [0.29, 0.717) is 10.8 Å². The van der Waals surface area contributed by atoms with E-state index in [1.165, 1.54) is 0 Å². The predicted octanol–water partition coefficient (Wildman–Crippen LogP) is 6.09. The second-order valence-corrected chi connectivity index (χ2v) is 15.5. The van der Waals surface area contributed by atoms with Crippen LogP contribution in [0.15, 0.2) is 36.4 Å². The first kappa shape index (κ1) is 18.4. The molecule has 0 aromatic heterocycles. The molecule has 2 aromatic carbocycles. The van der Waals surface area contributed by atoms with Crippen LogP contribution < -0.4 is 5.46 Å². The van der Waals surface area contributed by atoms with Crippen LogP contribution in [0.5, 0.6) is 0 Å². The topological polar surface area (TPSA) is 27.7 Å². The van der Waals surface area contributed by atoms with Crippen LogP contribution in [0.25, 0.3) is 10.8 Å². The van der Waals surface area contributed by atoms with Crippen molar-refractivity contribution in [2.24, 2.45) is 0 Å². The third-order valence-electron chi connectivity index (χ3n) is 6.98. The van der Waals surface area contributed by atoms with E-state index in [1.54, 1.807) is 12.1 Å². The highest BCUT2D eigenvalue weighted by molar-refractivity contribution is 6.74. The average molecular weight is 431 g/mol. The molecule has 1 fully saturated rings. The summed E-state index contributed by atoms with van der Waals surface area (Å²) in [5, 5.41) is 1.35. The van der Waals surface area contributed by atoms with Crippen molar-refractivity contribution in [2.75, 3.05) is 6.61 Å². The van der Waals surface area contributed by atoms with Gasteiger partial charge in [-0.3, -0.25) is 0 Å². The molecule has 5 heteroatoms. The van der Waals surface area contributed by atoms with Crippen LogP contribution in [0, 0.1) is 0 Å². The van der Waals surface area contributed by atoms with Crippen LogP contribution in [0.2, 0.25) is 18.1 Å². The van der Waals surface area contributed by atoms with E-state index >= 15 is 0 Å². The Kier molecular flexibility index (Phi) is 4.97. The minimum absolute atomic E-state index is 0.0981. The van der Waals surface area contributed by atoms with Gasteiger partial charge in [0.05, 0.1) is 11.2 Å². The zero-order valence-corrected chi connectivity index (χ0v) is 21.0. The number of hydrogen-bond acceptors (Lipinski definition) is 3. The van der Waals surface area contributed by atoms with E-state index in [9.17, 15) is 0 Å². The van der Waals surface area contributed by atoms with Gasteiger partial charge >= 0.3 is 7.12 Å². The molecule has 164 valence electrons.